The first-order valence-corrected chi connectivity index (χ1v) is 13.1. The van der Waals surface area contributed by atoms with Crippen LogP contribution in [0.4, 0.5) is 16.0 Å². The first-order valence-electron chi connectivity index (χ1n) is 13.1. The van der Waals surface area contributed by atoms with Gasteiger partial charge < -0.3 is 9.80 Å². The Morgan fingerprint density at radius 1 is 0.861 bits per heavy atom. The summed E-state index contributed by atoms with van der Waals surface area (Å²) < 4.78 is 15.8. The fraction of sp³-hybridized carbons (Fsp3) is 0.393. The van der Waals surface area contributed by atoms with Crippen LogP contribution in [0, 0.1) is 5.82 Å². The van der Waals surface area contributed by atoms with Crippen molar-refractivity contribution >= 4 is 17.3 Å². The highest BCUT2D eigenvalue weighted by molar-refractivity contribution is 5.62. The van der Waals surface area contributed by atoms with Crippen LogP contribution < -0.4 is 9.80 Å². The van der Waals surface area contributed by atoms with Crippen molar-refractivity contribution in [3.8, 4) is 11.4 Å². The van der Waals surface area contributed by atoms with Crippen LogP contribution in [-0.4, -0.2) is 63.2 Å². The Labute approximate surface area is 210 Å². The van der Waals surface area contributed by atoms with E-state index in [1.807, 2.05) is 35.0 Å². The average Bonchev–Trinajstić information content (AvgIpc) is 3.67. The molecule has 0 bridgehead atoms. The summed E-state index contributed by atoms with van der Waals surface area (Å²) in [6, 6.07) is 18.0. The molecule has 2 atom stereocenters. The number of piperazine rings is 1. The molecular formula is C28H30FN7. The van der Waals surface area contributed by atoms with Crippen LogP contribution in [0.25, 0.3) is 17.0 Å². The minimum atomic E-state index is -0.194. The van der Waals surface area contributed by atoms with Crippen molar-refractivity contribution < 1.29 is 4.39 Å². The molecular weight excluding hydrogens is 453 g/mol. The maximum absolute atomic E-state index is 13.9. The van der Waals surface area contributed by atoms with Gasteiger partial charge in [-0.3, -0.25) is 4.90 Å². The minimum absolute atomic E-state index is 0.119. The second-order valence-electron chi connectivity index (χ2n) is 10.2. The third-order valence-electron chi connectivity index (χ3n) is 8.04. The smallest absolute Gasteiger partial charge is 0.154 e. The van der Waals surface area contributed by atoms with Gasteiger partial charge in [-0.1, -0.05) is 18.2 Å². The van der Waals surface area contributed by atoms with Gasteiger partial charge in [-0.15, -0.1) is 5.10 Å². The number of hydrogen-bond acceptors (Lipinski definition) is 6. The van der Waals surface area contributed by atoms with E-state index in [9.17, 15) is 4.39 Å². The van der Waals surface area contributed by atoms with Gasteiger partial charge in [-0.25, -0.2) is 18.9 Å². The SMILES string of the molecule is Fc1cccc([C@H]2CCCN2c2ccc3ncc(-c4cccc(N5CCN6CCCC6C5)n4)n3n2)c1. The molecule has 0 amide bonds. The van der Waals surface area contributed by atoms with Crippen LogP contribution >= 0.6 is 0 Å². The Hall–Kier alpha value is -3.52. The highest BCUT2D eigenvalue weighted by atomic mass is 19.1. The van der Waals surface area contributed by atoms with Gasteiger partial charge in [-0.2, -0.15) is 0 Å². The van der Waals surface area contributed by atoms with Gasteiger partial charge in [0.2, 0.25) is 0 Å². The Morgan fingerprint density at radius 2 is 1.78 bits per heavy atom. The third kappa shape index (κ3) is 3.80. The van der Waals surface area contributed by atoms with E-state index < -0.39 is 0 Å². The van der Waals surface area contributed by atoms with E-state index in [-0.39, 0.29) is 11.9 Å². The van der Waals surface area contributed by atoms with Crippen molar-refractivity contribution in [2.24, 2.45) is 0 Å². The highest BCUT2D eigenvalue weighted by Gasteiger charge is 2.31. The summed E-state index contributed by atoms with van der Waals surface area (Å²) in [5, 5.41) is 5.00. The van der Waals surface area contributed by atoms with Gasteiger partial charge in [0, 0.05) is 32.2 Å². The van der Waals surface area contributed by atoms with E-state index in [0.29, 0.717) is 6.04 Å². The minimum Gasteiger partial charge on any atom is -0.354 e. The number of benzene rings is 1. The number of imidazole rings is 1. The molecule has 7 nitrogen and oxygen atoms in total. The molecule has 7 rings (SSSR count). The van der Waals surface area contributed by atoms with Gasteiger partial charge in [0.25, 0.3) is 0 Å². The molecule has 0 radical (unpaired) electrons. The zero-order valence-electron chi connectivity index (χ0n) is 20.3. The average molecular weight is 484 g/mol. The van der Waals surface area contributed by atoms with Crippen LogP contribution in [0.2, 0.25) is 0 Å². The van der Waals surface area contributed by atoms with Crippen LogP contribution in [0.1, 0.15) is 37.3 Å². The molecule has 1 aromatic carbocycles. The molecule has 3 fully saturated rings. The van der Waals surface area contributed by atoms with Crippen molar-refractivity contribution in [2.45, 2.75) is 37.8 Å². The topological polar surface area (TPSA) is 52.8 Å². The Bertz CT molecular complexity index is 1400. The lowest BCUT2D eigenvalue weighted by molar-refractivity contribution is 0.230. The largest absolute Gasteiger partial charge is 0.354 e. The molecule has 6 heterocycles. The van der Waals surface area contributed by atoms with E-state index in [1.165, 1.54) is 25.5 Å². The van der Waals surface area contributed by atoms with Gasteiger partial charge in [0.05, 0.1) is 17.9 Å². The number of rotatable bonds is 4. The molecule has 3 aromatic heterocycles. The second-order valence-corrected chi connectivity index (χ2v) is 10.2. The third-order valence-corrected chi connectivity index (χ3v) is 8.04. The number of fused-ring (bicyclic) bond motifs is 2. The fourth-order valence-electron chi connectivity index (χ4n) is 6.23. The Balaban J connectivity index is 1.20. The number of nitrogens with zero attached hydrogens (tertiary/aromatic N) is 7. The van der Waals surface area contributed by atoms with E-state index in [1.54, 1.807) is 12.1 Å². The van der Waals surface area contributed by atoms with Crippen LogP contribution in [0.15, 0.2) is 60.8 Å². The lowest BCUT2D eigenvalue weighted by Gasteiger charge is -2.38. The predicted octanol–water partition coefficient (Wildman–Crippen LogP) is 4.56. The first-order chi connectivity index (χ1) is 17.7. The maximum Gasteiger partial charge on any atom is 0.154 e. The first kappa shape index (κ1) is 21.7. The summed E-state index contributed by atoms with van der Waals surface area (Å²) in [5.41, 5.74) is 3.55. The fourth-order valence-corrected chi connectivity index (χ4v) is 6.23. The second kappa shape index (κ2) is 8.85. The van der Waals surface area contributed by atoms with E-state index in [2.05, 4.69) is 31.8 Å². The summed E-state index contributed by atoms with van der Waals surface area (Å²) in [5.74, 6) is 1.71. The number of aromatic nitrogens is 4. The molecule has 8 heteroatoms. The summed E-state index contributed by atoms with van der Waals surface area (Å²) in [4.78, 5) is 17.0. The lowest BCUT2D eigenvalue weighted by atomic mass is 10.0. The van der Waals surface area contributed by atoms with Crippen LogP contribution in [0.5, 0.6) is 0 Å². The Morgan fingerprint density at radius 3 is 2.72 bits per heavy atom. The molecule has 0 N–H and O–H groups in total. The molecule has 184 valence electrons. The molecule has 4 aromatic rings. The van der Waals surface area contributed by atoms with E-state index >= 15 is 0 Å². The molecule has 0 saturated carbocycles. The van der Waals surface area contributed by atoms with E-state index in [4.69, 9.17) is 10.1 Å². The quantitative estimate of drug-likeness (QED) is 0.424. The number of hydrogen-bond donors (Lipinski definition) is 0. The number of pyridine rings is 1. The lowest BCUT2D eigenvalue weighted by Crippen LogP contribution is -2.50. The van der Waals surface area contributed by atoms with Gasteiger partial charge in [-0.05, 0) is 74.2 Å². The van der Waals surface area contributed by atoms with E-state index in [0.717, 1.165) is 73.3 Å². The molecule has 0 spiro atoms. The summed E-state index contributed by atoms with van der Waals surface area (Å²) in [6.45, 7) is 5.30. The Kier molecular flexibility index (Phi) is 5.34. The standard InChI is InChI=1S/C28H30FN7/c29-21-6-1-5-20(17-21)24-9-4-14-35(24)28-12-11-26-30-18-25(36(26)32-28)23-8-2-10-27(31-23)34-16-15-33-13-3-7-22(33)19-34/h1-2,5-6,8,10-12,17-18,22,24H,3-4,7,9,13-16,19H2/t22?,24-/m1/s1. The maximum atomic E-state index is 13.9. The molecule has 3 saturated heterocycles. The van der Waals surface area contributed by atoms with Crippen molar-refractivity contribution in [3.63, 3.8) is 0 Å². The van der Waals surface area contributed by atoms with Gasteiger partial charge in [0.1, 0.15) is 23.1 Å². The molecule has 3 aliphatic rings. The molecule has 36 heavy (non-hydrogen) atoms. The van der Waals surface area contributed by atoms with Gasteiger partial charge in [0.15, 0.2) is 5.65 Å². The normalized spacial score (nSPS) is 22.5. The van der Waals surface area contributed by atoms with Crippen molar-refractivity contribution in [2.75, 3.05) is 42.5 Å². The summed E-state index contributed by atoms with van der Waals surface area (Å²) in [7, 11) is 0. The number of anilines is 2. The summed E-state index contributed by atoms with van der Waals surface area (Å²) >= 11 is 0. The van der Waals surface area contributed by atoms with Crippen molar-refractivity contribution in [1.29, 1.82) is 0 Å². The zero-order chi connectivity index (χ0) is 24.1. The molecule has 1 unspecified atom stereocenters. The van der Waals surface area contributed by atoms with Gasteiger partial charge >= 0.3 is 0 Å². The predicted molar refractivity (Wildman–Crippen MR) is 139 cm³/mol. The zero-order valence-corrected chi connectivity index (χ0v) is 20.3. The summed E-state index contributed by atoms with van der Waals surface area (Å²) in [6.07, 6.45) is 6.48. The molecule has 0 aliphatic carbocycles. The van der Waals surface area contributed by atoms with Crippen molar-refractivity contribution in [1.82, 2.24) is 24.5 Å². The monoisotopic (exact) mass is 483 g/mol. The number of halogens is 1. The molecule has 3 aliphatic heterocycles. The van der Waals surface area contributed by atoms with Crippen molar-refractivity contribution in [3.05, 3.63) is 72.2 Å². The van der Waals surface area contributed by atoms with Crippen LogP contribution in [-0.2, 0) is 0 Å². The van der Waals surface area contributed by atoms with Crippen LogP contribution in [0.3, 0.4) is 0 Å². The highest BCUT2D eigenvalue weighted by Crippen LogP contribution is 2.36.